The molecule has 0 spiro atoms. The summed E-state index contributed by atoms with van der Waals surface area (Å²) >= 11 is 0. The maximum atomic E-state index is 12.7. The van der Waals surface area contributed by atoms with E-state index in [-0.39, 0.29) is 25.6 Å². The predicted octanol–water partition coefficient (Wildman–Crippen LogP) is 4.87. The molecule has 174 valence electrons. The standard InChI is InChI=1S/C28H27NO5/c1-3-16-33-27(30)26(17-19-12-14-20(32-2)15-13-19)29-28(31)34-18-25-23-10-6-4-8-21(23)22-9-5-7-11-24(22)25/h3-15,25-26H,1,16-18H2,2H3,(H,29,31)/t26-/m0/s1. The third-order valence-corrected chi connectivity index (χ3v) is 5.86. The van der Waals surface area contributed by atoms with Gasteiger partial charge in [-0.25, -0.2) is 9.59 Å². The second kappa shape index (κ2) is 10.7. The lowest BCUT2D eigenvalue weighted by Gasteiger charge is -2.19. The van der Waals surface area contributed by atoms with Gasteiger partial charge in [0.05, 0.1) is 7.11 Å². The molecule has 0 aliphatic heterocycles. The molecule has 6 nitrogen and oxygen atoms in total. The van der Waals surface area contributed by atoms with Crippen LogP contribution in [0.5, 0.6) is 5.75 Å². The van der Waals surface area contributed by atoms with Gasteiger partial charge in [-0.2, -0.15) is 0 Å². The Hall–Kier alpha value is -4.06. The lowest BCUT2D eigenvalue weighted by molar-refractivity contribution is -0.144. The van der Waals surface area contributed by atoms with Crippen molar-refractivity contribution >= 4 is 12.1 Å². The van der Waals surface area contributed by atoms with Gasteiger partial charge in [-0.1, -0.05) is 73.3 Å². The van der Waals surface area contributed by atoms with E-state index >= 15 is 0 Å². The fourth-order valence-corrected chi connectivity index (χ4v) is 4.21. The fourth-order valence-electron chi connectivity index (χ4n) is 4.21. The van der Waals surface area contributed by atoms with Gasteiger partial charge >= 0.3 is 12.1 Å². The number of nitrogens with one attached hydrogen (secondary N) is 1. The number of ether oxygens (including phenoxy) is 3. The Labute approximate surface area is 199 Å². The quantitative estimate of drug-likeness (QED) is 0.366. The molecule has 34 heavy (non-hydrogen) atoms. The molecular formula is C28H27NO5. The topological polar surface area (TPSA) is 73.9 Å². The zero-order valence-corrected chi connectivity index (χ0v) is 19.0. The van der Waals surface area contributed by atoms with Crippen molar-refractivity contribution in [2.24, 2.45) is 0 Å². The average molecular weight is 458 g/mol. The van der Waals surface area contributed by atoms with Crippen molar-refractivity contribution < 1.29 is 23.8 Å². The number of amides is 1. The number of esters is 1. The van der Waals surface area contributed by atoms with Gasteiger partial charge in [-0.3, -0.25) is 0 Å². The number of methoxy groups -OCH3 is 1. The van der Waals surface area contributed by atoms with E-state index in [1.165, 1.54) is 6.08 Å². The SMILES string of the molecule is C=CCOC(=O)[C@H](Cc1ccc(OC)cc1)NC(=O)OCC1c2ccccc2-c2ccccc21. The molecule has 0 saturated carbocycles. The lowest BCUT2D eigenvalue weighted by Crippen LogP contribution is -2.44. The summed E-state index contributed by atoms with van der Waals surface area (Å²) in [4.78, 5) is 25.3. The molecule has 1 aliphatic carbocycles. The van der Waals surface area contributed by atoms with Crippen molar-refractivity contribution in [1.82, 2.24) is 5.32 Å². The third-order valence-electron chi connectivity index (χ3n) is 5.86. The van der Waals surface area contributed by atoms with Crippen molar-refractivity contribution in [1.29, 1.82) is 0 Å². The summed E-state index contributed by atoms with van der Waals surface area (Å²) in [5.41, 5.74) is 5.39. The van der Waals surface area contributed by atoms with Crippen LogP contribution in [0.2, 0.25) is 0 Å². The summed E-state index contributed by atoms with van der Waals surface area (Å²) in [6.45, 7) is 3.79. The van der Waals surface area contributed by atoms with Crippen LogP contribution in [-0.2, 0) is 20.7 Å². The van der Waals surface area contributed by atoms with E-state index in [4.69, 9.17) is 14.2 Å². The van der Waals surface area contributed by atoms with Gasteiger partial charge in [-0.15, -0.1) is 0 Å². The van der Waals surface area contributed by atoms with Crippen LogP contribution in [0.25, 0.3) is 11.1 Å². The van der Waals surface area contributed by atoms with Crippen molar-refractivity contribution in [3.8, 4) is 16.9 Å². The molecule has 0 saturated heterocycles. The van der Waals surface area contributed by atoms with Gasteiger partial charge in [0.2, 0.25) is 0 Å². The Morgan fingerprint density at radius 2 is 1.56 bits per heavy atom. The number of alkyl carbamates (subject to hydrolysis) is 1. The molecule has 4 rings (SSSR count). The molecule has 0 fully saturated rings. The molecule has 1 atom stereocenters. The summed E-state index contributed by atoms with van der Waals surface area (Å²) in [5.74, 6) is 0.0918. The summed E-state index contributed by atoms with van der Waals surface area (Å²) in [6, 6.07) is 22.6. The Morgan fingerprint density at radius 3 is 2.15 bits per heavy atom. The van der Waals surface area contributed by atoms with Crippen LogP contribution in [0, 0.1) is 0 Å². The van der Waals surface area contributed by atoms with E-state index in [9.17, 15) is 9.59 Å². The Balaban J connectivity index is 1.44. The normalized spacial score (nSPS) is 12.7. The van der Waals surface area contributed by atoms with Gasteiger partial charge in [0.15, 0.2) is 0 Å². The zero-order chi connectivity index (χ0) is 23.9. The number of fused-ring (bicyclic) bond motifs is 3. The third kappa shape index (κ3) is 5.12. The van der Waals surface area contributed by atoms with Crippen LogP contribution in [0.1, 0.15) is 22.6 Å². The molecule has 1 aliphatic rings. The lowest BCUT2D eigenvalue weighted by atomic mass is 9.98. The van der Waals surface area contributed by atoms with Crippen LogP contribution >= 0.6 is 0 Å². The molecule has 6 heteroatoms. The summed E-state index contributed by atoms with van der Waals surface area (Å²) in [5, 5.41) is 2.67. The Morgan fingerprint density at radius 1 is 0.941 bits per heavy atom. The molecule has 3 aromatic rings. The molecule has 0 bridgehead atoms. The first-order valence-corrected chi connectivity index (χ1v) is 11.1. The van der Waals surface area contributed by atoms with E-state index in [2.05, 4.69) is 36.2 Å². The summed E-state index contributed by atoms with van der Waals surface area (Å²) < 4.78 is 16.0. The number of carbonyl (C=O) groups is 2. The largest absolute Gasteiger partial charge is 0.497 e. The molecule has 0 unspecified atom stereocenters. The Bertz CT molecular complexity index is 1130. The van der Waals surface area contributed by atoms with Crippen LogP contribution in [0.15, 0.2) is 85.5 Å². The molecule has 0 radical (unpaired) electrons. The molecular weight excluding hydrogens is 430 g/mol. The van der Waals surface area contributed by atoms with E-state index in [0.717, 1.165) is 27.8 Å². The maximum absolute atomic E-state index is 12.7. The van der Waals surface area contributed by atoms with Gasteiger partial charge in [0.1, 0.15) is 25.0 Å². The summed E-state index contributed by atoms with van der Waals surface area (Å²) in [7, 11) is 1.59. The highest BCUT2D eigenvalue weighted by atomic mass is 16.6. The second-order valence-corrected chi connectivity index (χ2v) is 7.99. The molecule has 1 amide bonds. The molecule has 0 heterocycles. The first kappa shape index (κ1) is 23.1. The number of hydrogen-bond donors (Lipinski definition) is 1. The molecule has 1 N–H and O–H groups in total. The fraction of sp³-hybridized carbons (Fsp3) is 0.214. The van der Waals surface area contributed by atoms with Crippen molar-refractivity contribution in [2.45, 2.75) is 18.4 Å². The molecule has 3 aromatic carbocycles. The predicted molar refractivity (Wildman–Crippen MR) is 130 cm³/mol. The molecule has 0 aromatic heterocycles. The van der Waals surface area contributed by atoms with Crippen molar-refractivity contribution in [3.63, 3.8) is 0 Å². The zero-order valence-electron chi connectivity index (χ0n) is 19.0. The highest BCUT2D eigenvalue weighted by Crippen LogP contribution is 2.44. The maximum Gasteiger partial charge on any atom is 0.407 e. The monoisotopic (exact) mass is 457 g/mol. The van der Waals surface area contributed by atoms with Gasteiger partial charge < -0.3 is 19.5 Å². The number of carbonyl (C=O) groups excluding carboxylic acids is 2. The van der Waals surface area contributed by atoms with Crippen LogP contribution in [0.3, 0.4) is 0 Å². The van der Waals surface area contributed by atoms with E-state index in [1.54, 1.807) is 19.2 Å². The van der Waals surface area contributed by atoms with Gasteiger partial charge in [0, 0.05) is 12.3 Å². The van der Waals surface area contributed by atoms with Crippen molar-refractivity contribution in [3.05, 3.63) is 102 Å². The first-order valence-electron chi connectivity index (χ1n) is 11.1. The first-order chi connectivity index (χ1) is 16.6. The number of hydrogen-bond acceptors (Lipinski definition) is 5. The van der Waals surface area contributed by atoms with Crippen molar-refractivity contribution in [2.75, 3.05) is 20.3 Å². The Kier molecular flexibility index (Phi) is 7.28. The van der Waals surface area contributed by atoms with Gasteiger partial charge in [-0.05, 0) is 39.9 Å². The highest BCUT2D eigenvalue weighted by molar-refractivity contribution is 5.82. The second-order valence-electron chi connectivity index (χ2n) is 7.99. The van der Waals surface area contributed by atoms with E-state index < -0.39 is 18.1 Å². The van der Waals surface area contributed by atoms with E-state index in [1.807, 2.05) is 36.4 Å². The minimum Gasteiger partial charge on any atom is -0.497 e. The van der Waals surface area contributed by atoms with Crippen LogP contribution < -0.4 is 10.1 Å². The van der Waals surface area contributed by atoms with Crippen LogP contribution in [0.4, 0.5) is 4.79 Å². The summed E-state index contributed by atoms with van der Waals surface area (Å²) in [6.07, 6.45) is 1.07. The number of benzene rings is 3. The minimum atomic E-state index is -0.899. The average Bonchev–Trinajstić information content (AvgIpc) is 3.19. The highest BCUT2D eigenvalue weighted by Gasteiger charge is 2.30. The van der Waals surface area contributed by atoms with E-state index in [0.29, 0.717) is 5.75 Å². The minimum absolute atomic E-state index is 0.0598. The van der Waals surface area contributed by atoms with Gasteiger partial charge in [0.25, 0.3) is 0 Å². The number of rotatable bonds is 9. The van der Waals surface area contributed by atoms with Crippen LogP contribution in [-0.4, -0.2) is 38.4 Å². The smallest absolute Gasteiger partial charge is 0.407 e.